The van der Waals surface area contributed by atoms with Crippen LogP contribution in [0.5, 0.6) is 0 Å². The summed E-state index contributed by atoms with van der Waals surface area (Å²) in [4.78, 5) is 16.0. The topological polar surface area (TPSA) is 78.4 Å². The summed E-state index contributed by atoms with van der Waals surface area (Å²) in [5.74, 6) is 1.45. The van der Waals surface area contributed by atoms with Gasteiger partial charge in [-0.2, -0.15) is 4.98 Å². The number of hydrogen-bond acceptors (Lipinski definition) is 6. The zero-order valence-corrected chi connectivity index (χ0v) is 10.7. The molecule has 1 fully saturated rings. The second-order valence-electron chi connectivity index (χ2n) is 4.72. The van der Waals surface area contributed by atoms with Crippen LogP contribution in [-0.4, -0.2) is 16.1 Å². The first kappa shape index (κ1) is 12.0. The molecule has 2 heterocycles. The standard InChI is InChI=1S/C13H14N2O4/c1-7(12-14-8(2)15-19-12)18-13(16)10-6-9(10)11-4-3-5-17-11/h3-5,7,9-10H,6H2,1-2H3. The lowest BCUT2D eigenvalue weighted by atomic mass is 10.2. The van der Waals surface area contributed by atoms with Crippen molar-refractivity contribution in [2.45, 2.75) is 32.3 Å². The van der Waals surface area contributed by atoms with E-state index in [1.54, 1.807) is 20.1 Å². The third kappa shape index (κ3) is 2.38. The number of hydrogen-bond donors (Lipinski definition) is 0. The highest BCUT2D eigenvalue weighted by Crippen LogP contribution is 2.48. The van der Waals surface area contributed by atoms with Crippen molar-refractivity contribution < 1.29 is 18.5 Å². The molecule has 3 atom stereocenters. The molecule has 6 heteroatoms. The van der Waals surface area contributed by atoms with E-state index in [1.807, 2.05) is 12.1 Å². The monoisotopic (exact) mass is 262 g/mol. The highest BCUT2D eigenvalue weighted by molar-refractivity contribution is 5.77. The molecule has 6 nitrogen and oxygen atoms in total. The average molecular weight is 262 g/mol. The van der Waals surface area contributed by atoms with Crippen LogP contribution in [0.4, 0.5) is 0 Å². The molecule has 0 saturated heterocycles. The Bertz CT molecular complexity index is 575. The number of rotatable bonds is 4. The smallest absolute Gasteiger partial charge is 0.310 e. The zero-order valence-electron chi connectivity index (χ0n) is 10.7. The van der Waals surface area contributed by atoms with Gasteiger partial charge in [0.1, 0.15) is 5.76 Å². The summed E-state index contributed by atoms with van der Waals surface area (Å²) >= 11 is 0. The Hall–Kier alpha value is -2.11. The maximum Gasteiger partial charge on any atom is 0.310 e. The second kappa shape index (κ2) is 4.53. The fourth-order valence-corrected chi connectivity index (χ4v) is 2.06. The molecule has 1 aliphatic carbocycles. The lowest BCUT2D eigenvalue weighted by Gasteiger charge is -2.08. The number of nitrogens with zero attached hydrogens (tertiary/aromatic N) is 2. The maximum absolute atomic E-state index is 11.9. The number of aryl methyl sites for hydroxylation is 1. The van der Waals surface area contributed by atoms with Crippen molar-refractivity contribution in [1.29, 1.82) is 0 Å². The lowest BCUT2D eigenvalue weighted by Crippen LogP contribution is -2.11. The van der Waals surface area contributed by atoms with Gasteiger partial charge in [0.2, 0.25) is 0 Å². The second-order valence-corrected chi connectivity index (χ2v) is 4.72. The van der Waals surface area contributed by atoms with E-state index in [0.717, 1.165) is 12.2 Å². The van der Waals surface area contributed by atoms with Gasteiger partial charge < -0.3 is 13.7 Å². The van der Waals surface area contributed by atoms with Gasteiger partial charge in [0.15, 0.2) is 11.9 Å². The van der Waals surface area contributed by atoms with Crippen LogP contribution in [0.3, 0.4) is 0 Å². The number of aromatic nitrogens is 2. The molecule has 2 aromatic rings. The molecular weight excluding hydrogens is 248 g/mol. The summed E-state index contributed by atoms with van der Waals surface area (Å²) in [5.41, 5.74) is 0. The first-order valence-electron chi connectivity index (χ1n) is 6.19. The van der Waals surface area contributed by atoms with Gasteiger partial charge in [-0.25, -0.2) is 0 Å². The number of carbonyl (C=O) groups is 1. The quantitative estimate of drug-likeness (QED) is 0.787. The molecule has 0 radical (unpaired) electrons. The molecule has 0 aromatic carbocycles. The molecule has 1 saturated carbocycles. The first-order chi connectivity index (χ1) is 9.15. The van der Waals surface area contributed by atoms with Crippen LogP contribution < -0.4 is 0 Å². The van der Waals surface area contributed by atoms with Gasteiger partial charge in [-0.05, 0) is 32.4 Å². The van der Waals surface area contributed by atoms with E-state index in [9.17, 15) is 4.79 Å². The van der Waals surface area contributed by atoms with Crippen molar-refractivity contribution >= 4 is 5.97 Å². The Morgan fingerprint density at radius 3 is 3.05 bits per heavy atom. The molecule has 0 amide bonds. The molecule has 100 valence electrons. The molecule has 0 spiro atoms. The van der Waals surface area contributed by atoms with Crippen LogP contribution in [0, 0.1) is 12.8 Å². The van der Waals surface area contributed by atoms with E-state index in [1.165, 1.54) is 0 Å². The molecule has 19 heavy (non-hydrogen) atoms. The Morgan fingerprint density at radius 1 is 1.58 bits per heavy atom. The molecular formula is C13H14N2O4. The SMILES string of the molecule is Cc1noc(C(C)OC(=O)C2CC2c2ccco2)n1. The third-order valence-corrected chi connectivity index (χ3v) is 3.19. The number of ether oxygens (including phenoxy) is 1. The number of furan rings is 1. The third-order valence-electron chi connectivity index (χ3n) is 3.19. The van der Waals surface area contributed by atoms with E-state index in [0.29, 0.717) is 11.7 Å². The molecule has 1 aliphatic rings. The summed E-state index contributed by atoms with van der Waals surface area (Å²) in [7, 11) is 0. The van der Waals surface area contributed by atoms with Gasteiger partial charge in [0, 0.05) is 5.92 Å². The Kier molecular flexibility index (Phi) is 2.85. The normalized spacial score (nSPS) is 23.1. The van der Waals surface area contributed by atoms with Gasteiger partial charge >= 0.3 is 5.97 Å². The van der Waals surface area contributed by atoms with Crippen molar-refractivity contribution in [3.8, 4) is 0 Å². The molecule has 3 rings (SSSR count). The van der Waals surface area contributed by atoms with Crippen molar-refractivity contribution in [2.24, 2.45) is 5.92 Å². The minimum absolute atomic E-state index is 0.127. The van der Waals surface area contributed by atoms with Crippen LogP contribution in [0.2, 0.25) is 0 Å². The van der Waals surface area contributed by atoms with Gasteiger partial charge in [-0.1, -0.05) is 5.16 Å². The van der Waals surface area contributed by atoms with E-state index >= 15 is 0 Å². The zero-order chi connectivity index (χ0) is 13.4. The summed E-state index contributed by atoms with van der Waals surface area (Å²) in [6, 6.07) is 3.70. The Balaban J connectivity index is 1.58. The van der Waals surface area contributed by atoms with Gasteiger partial charge in [-0.3, -0.25) is 4.79 Å². The van der Waals surface area contributed by atoms with Crippen molar-refractivity contribution in [3.05, 3.63) is 35.9 Å². The van der Waals surface area contributed by atoms with Crippen molar-refractivity contribution in [1.82, 2.24) is 10.1 Å². The van der Waals surface area contributed by atoms with E-state index in [-0.39, 0.29) is 17.8 Å². The minimum atomic E-state index is -0.522. The highest BCUT2D eigenvalue weighted by atomic mass is 16.6. The Labute approximate surface area is 109 Å². The number of carbonyl (C=O) groups excluding carboxylic acids is 1. The van der Waals surface area contributed by atoms with E-state index in [2.05, 4.69) is 10.1 Å². The minimum Gasteiger partial charge on any atom is -0.469 e. The van der Waals surface area contributed by atoms with Crippen LogP contribution >= 0.6 is 0 Å². The fourth-order valence-electron chi connectivity index (χ4n) is 2.06. The summed E-state index contributed by atoms with van der Waals surface area (Å²) in [5, 5.41) is 3.67. The van der Waals surface area contributed by atoms with Crippen LogP contribution in [0.15, 0.2) is 27.3 Å². The first-order valence-corrected chi connectivity index (χ1v) is 6.19. The van der Waals surface area contributed by atoms with Gasteiger partial charge in [0.25, 0.3) is 5.89 Å². The molecule has 0 N–H and O–H groups in total. The lowest BCUT2D eigenvalue weighted by molar-refractivity contribution is -0.151. The van der Waals surface area contributed by atoms with Crippen LogP contribution in [0.25, 0.3) is 0 Å². The average Bonchev–Trinajstić information content (AvgIpc) is 2.81. The van der Waals surface area contributed by atoms with Crippen LogP contribution in [0.1, 0.15) is 42.8 Å². The highest BCUT2D eigenvalue weighted by Gasteiger charge is 2.47. The van der Waals surface area contributed by atoms with Crippen molar-refractivity contribution in [3.63, 3.8) is 0 Å². The predicted octanol–water partition coefficient (Wildman–Crippen LogP) is 2.38. The van der Waals surface area contributed by atoms with Gasteiger partial charge in [-0.15, -0.1) is 0 Å². The van der Waals surface area contributed by atoms with Crippen LogP contribution in [-0.2, 0) is 9.53 Å². The molecule has 0 bridgehead atoms. The van der Waals surface area contributed by atoms with Gasteiger partial charge in [0.05, 0.1) is 12.2 Å². The number of esters is 1. The summed E-state index contributed by atoms with van der Waals surface area (Å²) in [6.45, 7) is 3.44. The fraction of sp³-hybridized carbons (Fsp3) is 0.462. The largest absolute Gasteiger partial charge is 0.469 e. The Morgan fingerprint density at radius 2 is 2.42 bits per heavy atom. The molecule has 3 unspecified atom stereocenters. The maximum atomic E-state index is 11.9. The predicted molar refractivity (Wildman–Crippen MR) is 63.1 cm³/mol. The molecule has 0 aliphatic heterocycles. The summed E-state index contributed by atoms with van der Waals surface area (Å²) < 4.78 is 15.6. The van der Waals surface area contributed by atoms with Crippen molar-refractivity contribution in [2.75, 3.05) is 0 Å². The van der Waals surface area contributed by atoms with E-state index in [4.69, 9.17) is 13.7 Å². The summed E-state index contributed by atoms with van der Waals surface area (Å²) in [6.07, 6.45) is 1.86. The van der Waals surface area contributed by atoms with E-state index < -0.39 is 6.10 Å². The molecule has 2 aromatic heterocycles.